The van der Waals surface area contributed by atoms with Crippen molar-refractivity contribution >= 4 is 34.9 Å². The molecule has 0 spiro atoms. The predicted molar refractivity (Wildman–Crippen MR) is 39.4 cm³/mol. The first-order chi connectivity index (χ1) is 3.93. The van der Waals surface area contributed by atoms with Crippen LogP contribution < -0.4 is 5.32 Å². The zero-order chi connectivity index (χ0) is 5.82. The van der Waals surface area contributed by atoms with E-state index in [0.717, 1.165) is 5.82 Å². The van der Waals surface area contributed by atoms with Gasteiger partial charge in [-0.3, -0.25) is 0 Å². The maximum absolute atomic E-state index is 4.53. The molecular weight excluding hydrogens is 140 g/mol. The van der Waals surface area contributed by atoms with Crippen molar-refractivity contribution in [2.45, 2.75) is 0 Å². The molecule has 0 atom stereocenters. The van der Waals surface area contributed by atoms with E-state index >= 15 is 0 Å². The van der Waals surface area contributed by atoms with Gasteiger partial charge in [0.1, 0.15) is 5.82 Å². The van der Waals surface area contributed by atoms with E-state index in [0.29, 0.717) is 0 Å². The van der Waals surface area contributed by atoms with Crippen molar-refractivity contribution in [1.29, 1.82) is 0 Å². The highest BCUT2D eigenvalue weighted by Crippen LogP contribution is 2.04. The Labute approximate surface area is 56.6 Å². The molecule has 0 amide bonds. The average Bonchev–Trinajstić information content (AvgIpc) is 2.19. The van der Waals surface area contributed by atoms with Gasteiger partial charge in [-0.05, 0) is 0 Å². The Bertz CT molecular complexity index is 159. The van der Waals surface area contributed by atoms with Crippen molar-refractivity contribution in [3.63, 3.8) is 0 Å². The van der Waals surface area contributed by atoms with Gasteiger partial charge in [0.15, 0.2) is 0 Å². The highest BCUT2D eigenvalue weighted by Gasteiger charge is 1.84. The summed E-state index contributed by atoms with van der Waals surface area (Å²) in [6.45, 7) is 0. The van der Waals surface area contributed by atoms with Crippen molar-refractivity contribution < 1.29 is 0 Å². The van der Waals surface area contributed by atoms with Crippen LogP contribution in [0.3, 0.4) is 0 Å². The van der Waals surface area contributed by atoms with E-state index in [1.54, 1.807) is 5.51 Å². The van der Waals surface area contributed by atoms with Crippen LogP contribution in [0.15, 0.2) is 10.9 Å². The van der Waals surface area contributed by atoms with Crippen LogP contribution in [0.1, 0.15) is 0 Å². The Morgan fingerprint density at radius 3 is 3.25 bits per heavy atom. The van der Waals surface area contributed by atoms with E-state index in [2.05, 4.69) is 22.5 Å². The van der Waals surface area contributed by atoms with Gasteiger partial charge in [0, 0.05) is 5.38 Å². The Kier molecular flexibility index (Phi) is 1.93. The quantitative estimate of drug-likeness (QED) is 0.637. The number of hydrogen-bond donors (Lipinski definition) is 1. The van der Waals surface area contributed by atoms with Gasteiger partial charge >= 0.3 is 0 Å². The standard InChI is InChI=1S/C4H4N2S2/c7-2-5-4-1-8-3-6-4/h1-3H,(H,5,7). The van der Waals surface area contributed by atoms with Gasteiger partial charge in [0.05, 0.1) is 11.0 Å². The summed E-state index contributed by atoms with van der Waals surface area (Å²) in [5.74, 6) is 0.824. The third-order valence-electron chi connectivity index (χ3n) is 0.639. The van der Waals surface area contributed by atoms with Crippen molar-refractivity contribution in [2.75, 3.05) is 5.32 Å². The third kappa shape index (κ3) is 1.24. The number of hydrogen-bond acceptors (Lipinski definition) is 3. The molecule has 0 fully saturated rings. The summed E-state index contributed by atoms with van der Waals surface area (Å²) in [6, 6.07) is 0. The van der Waals surface area contributed by atoms with E-state index in [9.17, 15) is 0 Å². The van der Waals surface area contributed by atoms with Crippen molar-refractivity contribution in [2.24, 2.45) is 0 Å². The number of anilines is 1. The minimum atomic E-state index is 0.824. The summed E-state index contributed by atoms with van der Waals surface area (Å²) < 4.78 is 0. The second kappa shape index (κ2) is 2.74. The van der Waals surface area contributed by atoms with E-state index in [1.165, 1.54) is 16.8 Å². The lowest BCUT2D eigenvalue weighted by Crippen LogP contribution is -1.89. The molecule has 0 saturated heterocycles. The molecule has 0 unspecified atom stereocenters. The smallest absolute Gasteiger partial charge is 0.141 e. The molecule has 1 aromatic rings. The van der Waals surface area contributed by atoms with Crippen LogP contribution in [0.4, 0.5) is 5.82 Å². The van der Waals surface area contributed by atoms with Gasteiger partial charge in [-0.1, -0.05) is 12.2 Å². The molecule has 42 valence electrons. The van der Waals surface area contributed by atoms with Crippen molar-refractivity contribution in [3.8, 4) is 0 Å². The number of thiazole rings is 1. The Hall–Kier alpha value is -0.480. The summed E-state index contributed by atoms with van der Waals surface area (Å²) in [4.78, 5) is 3.92. The Balaban J connectivity index is 2.62. The highest BCUT2D eigenvalue weighted by atomic mass is 32.1. The lowest BCUT2D eigenvalue weighted by atomic mass is 10.8. The molecule has 0 aliphatic carbocycles. The second-order valence-electron chi connectivity index (χ2n) is 1.14. The molecule has 0 radical (unpaired) electrons. The zero-order valence-corrected chi connectivity index (χ0v) is 5.63. The van der Waals surface area contributed by atoms with Gasteiger partial charge in [-0.2, -0.15) is 0 Å². The molecule has 1 rings (SSSR count). The molecular formula is C4H4N2S2. The normalized spacial score (nSPS) is 8.50. The topological polar surface area (TPSA) is 24.9 Å². The van der Waals surface area contributed by atoms with E-state index < -0.39 is 0 Å². The second-order valence-corrected chi connectivity index (χ2v) is 2.09. The first kappa shape index (κ1) is 5.65. The van der Waals surface area contributed by atoms with Gasteiger partial charge in [0.25, 0.3) is 0 Å². The summed E-state index contributed by atoms with van der Waals surface area (Å²) in [5.41, 5.74) is 3.19. The SMILES string of the molecule is S=CNc1cscn1. The molecule has 0 aliphatic rings. The van der Waals surface area contributed by atoms with Crippen molar-refractivity contribution in [3.05, 3.63) is 10.9 Å². The monoisotopic (exact) mass is 144 g/mol. The minimum Gasteiger partial charge on any atom is -0.337 e. The van der Waals surface area contributed by atoms with Crippen molar-refractivity contribution in [1.82, 2.24) is 4.98 Å². The Morgan fingerprint density at radius 1 is 1.88 bits per heavy atom. The van der Waals surface area contributed by atoms with Crippen LogP contribution in [-0.2, 0) is 0 Å². The molecule has 2 nitrogen and oxygen atoms in total. The molecule has 4 heteroatoms. The lowest BCUT2D eigenvalue weighted by Gasteiger charge is -1.85. The number of nitrogens with one attached hydrogen (secondary N) is 1. The molecule has 0 aromatic carbocycles. The third-order valence-corrected chi connectivity index (χ3v) is 1.34. The summed E-state index contributed by atoms with van der Waals surface area (Å²) in [7, 11) is 0. The fraction of sp³-hybridized carbons (Fsp3) is 0. The maximum Gasteiger partial charge on any atom is 0.141 e. The lowest BCUT2D eigenvalue weighted by molar-refractivity contribution is 1.42. The van der Waals surface area contributed by atoms with Crippen LogP contribution in [0.2, 0.25) is 0 Å². The van der Waals surface area contributed by atoms with Crippen LogP contribution in [0, 0.1) is 0 Å². The van der Waals surface area contributed by atoms with Gasteiger partial charge in [-0.15, -0.1) is 11.3 Å². The molecule has 0 aliphatic heterocycles. The van der Waals surface area contributed by atoms with E-state index in [-0.39, 0.29) is 0 Å². The minimum absolute atomic E-state index is 0.824. The fourth-order valence-electron chi connectivity index (χ4n) is 0.344. The van der Waals surface area contributed by atoms with Gasteiger partial charge in [0.2, 0.25) is 0 Å². The van der Waals surface area contributed by atoms with E-state index in [4.69, 9.17) is 0 Å². The highest BCUT2D eigenvalue weighted by molar-refractivity contribution is 7.79. The number of rotatable bonds is 2. The number of thiocarbonyl (C=S) groups is 1. The van der Waals surface area contributed by atoms with E-state index in [1.807, 2.05) is 5.38 Å². The number of nitrogens with zero attached hydrogens (tertiary/aromatic N) is 1. The fourth-order valence-corrected chi connectivity index (χ4v) is 0.958. The predicted octanol–water partition coefficient (Wildman–Crippen LogP) is 1.51. The first-order valence-corrected chi connectivity index (χ1v) is 3.43. The van der Waals surface area contributed by atoms with Crippen LogP contribution in [0.5, 0.6) is 0 Å². The average molecular weight is 144 g/mol. The van der Waals surface area contributed by atoms with Crippen LogP contribution in [0.25, 0.3) is 0 Å². The zero-order valence-electron chi connectivity index (χ0n) is 4.00. The summed E-state index contributed by atoms with van der Waals surface area (Å²) in [6.07, 6.45) is 0. The molecule has 0 bridgehead atoms. The molecule has 8 heavy (non-hydrogen) atoms. The molecule has 0 saturated carbocycles. The number of aromatic nitrogens is 1. The summed E-state index contributed by atoms with van der Waals surface area (Å²) in [5, 5.41) is 4.67. The van der Waals surface area contributed by atoms with Gasteiger partial charge < -0.3 is 5.32 Å². The van der Waals surface area contributed by atoms with Crippen LogP contribution in [-0.4, -0.2) is 10.5 Å². The van der Waals surface area contributed by atoms with Crippen LogP contribution >= 0.6 is 23.6 Å². The molecule has 1 aromatic heterocycles. The van der Waals surface area contributed by atoms with Gasteiger partial charge in [-0.25, -0.2) is 4.98 Å². The maximum atomic E-state index is 4.53. The first-order valence-electron chi connectivity index (χ1n) is 2.02. The largest absolute Gasteiger partial charge is 0.337 e. The molecule has 1 N–H and O–H groups in total. The Morgan fingerprint density at radius 2 is 2.75 bits per heavy atom. The molecule has 1 heterocycles. The summed E-state index contributed by atoms with van der Waals surface area (Å²) >= 11 is 6.07.